The van der Waals surface area contributed by atoms with Gasteiger partial charge in [-0.25, -0.2) is 0 Å². The zero-order chi connectivity index (χ0) is 20.8. The lowest BCUT2D eigenvalue weighted by atomic mass is 9.74. The smallest absolute Gasteiger partial charge is 0.226 e. The van der Waals surface area contributed by atoms with Crippen LogP contribution in [0.5, 0.6) is 5.75 Å². The van der Waals surface area contributed by atoms with Gasteiger partial charge in [0.2, 0.25) is 5.91 Å². The molecule has 4 rings (SSSR count). The van der Waals surface area contributed by atoms with E-state index in [9.17, 15) is 4.79 Å². The molecule has 2 aliphatic heterocycles. The zero-order valence-electron chi connectivity index (χ0n) is 17.8. The Morgan fingerprint density at radius 2 is 1.80 bits per heavy atom. The second-order valence-electron chi connectivity index (χ2n) is 8.46. The average Bonchev–Trinajstić information content (AvgIpc) is 2.81. The third-order valence-electron chi connectivity index (χ3n) is 6.52. The summed E-state index contributed by atoms with van der Waals surface area (Å²) in [6.07, 6.45) is 4.31. The number of rotatable bonds is 6. The van der Waals surface area contributed by atoms with Gasteiger partial charge in [0.05, 0.1) is 12.5 Å². The van der Waals surface area contributed by atoms with Crippen LogP contribution in [0.2, 0.25) is 0 Å². The molecule has 5 heteroatoms. The summed E-state index contributed by atoms with van der Waals surface area (Å²) in [6.45, 7) is 3.26. The SMILES string of the molecule is COc1ccccc1-c1ccc(CC2(C(=O)NC3CCNCC3)CCOCC2)cc1. The minimum Gasteiger partial charge on any atom is -0.496 e. The first-order valence-corrected chi connectivity index (χ1v) is 11.0. The monoisotopic (exact) mass is 408 g/mol. The Labute approximate surface area is 179 Å². The van der Waals surface area contributed by atoms with Crippen LogP contribution in [0.25, 0.3) is 11.1 Å². The predicted octanol–water partition coefficient (Wildman–Crippen LogP) is 3.57. The van der Waals surface area contributed by atoms with E-state index in [-0.39, 0.29) is 17.4 Å². The van der Waals surface area contributed by atoms with Crippen molar-refractivity contribution in [2.75, 3.05) is 33.4 Å². The Hall–Kier alpha value is -2.37. The quantitative estimate of drug-likeness (QED) is 0.767. The van der Waals surface area contributed by atoms with Crippen LogP contribution in [0.4, 0.5) is 0 Å². The zero-order valence-corrected chi connectivity index (χ0v) is 17.8. The molecule has 2 saturated heterocycles. The highest BCUT2D eigenvalue weighted by Gasteiger charge is 2.40. The fourth-order valence-corrected chi connectivity index (χ4v) is 4.63. The van der Waals surface area contributed by atoms with Crippen LogP contribution in [0.15, 0.2) is 48.5 Å². The summed E-state index contributed by atoms with van der Waals surface area (Å²) in [4.78, 5) is 13.4. The highest BCUT2D eigenvalue weighted by molar-refractivity contribution is 5.83. The molecule has 30 heavy (non-hydrogen) atoms. The second kappa shape index (κ2) is 9.63. The van der Waals surface area contributed by atoms with Crippen LogP contribution in [0, 0.1) is 5.41 Å². The van der Waals surface area contributed by atoms with Crippen LogP contribution in [0.1, 0.15) is 31.2 Å². The Kier molecular flexibility index (Phi) is 6.70. The molecule has 2 aliphatic rings. The van der Waals surface area contributed by atoms with Gasteiger partial charge in [0.15, 0.2) is 0 Å². The van der Waals surface area contributed by atoms with Gasteiger partial charge in [0.1, 0.15) is 5.75 Å². The number of benzene rings is 2. The van der Waals surface area contributed by atoms with Crippen LogP contribution < -0.4 is 15.4 Å². The maximum atomic E-state index is 13.4. The fraction of sp³-hybridized carbons (Fsp3) is 0.480. The van der Waals surface area contributed by atoms with Crippen molar-refractivity contribution in [1.82, 2.24) is 10.6 Å². The third-order valence-corrected chi connectivity index (χ3v) is 6.52. The average molecular weight is 409 g/mol. The number of para-hydroxylation sites is 1. The molecule has 0 aromatic heterocycles. The Balaban J connectivity index is 1.51. The first-order valence-electron chi connectivity index (χ1n) is 11.0. The van der Waals surface area contributed by atoms with Gasteiger partial charge in [-0.3, -0.25) is 4.79 Å². The van der Waals surface area contributed by atoms with Crippen LogP contribution in [-0.4, -0.2) is 45.4 Å². The fourth-order valence-electron chi connectivity index (χ4n) is 4.63. The van der Waals surface area contributed by atoms with Crippen LogP contribution >= 0.6 is 0 Å². The molecule has 160 valence electrons. The molecule has 0 unspecified atom stereocenters. The van der Waals surface area contributed by atoms with E-state index in [0.29, 0.717) is 13.2 Å². The predicted molar refractivity (Wildman–Crippen MR) is 119 cm³/mol. The van der Waals surface area contributed by atoms with Gasteiger partial charge in [0.25, 0.3) is 0 Å². The van der Waals surface area contributed by atoms with E-state index in [1.807, 2.05) is 18.2 Å². The van der Waals surface area contributed by atoms with E-state index in [1.165, 1.54) is 5.56 Å². The van der Waals surface area contributed by atoms with Gasteiger partial charge in [-0.05, 0) is 62.4 Å². The summed E-state index contributed by atoms with van der Waals surface area (Å²) in [5.41, 5.74) is 3.01. The Morgan fingerprint density at radius 3 is 2.50 bits per heavy atom. The van der Waals surface area contributed by atoms with Crippen molar-refractivity contribution in [3.05, 3.63) is 54.1 Å². The molecule has 2 aromatic rings. The van der Waals surface area contributed by atoms with E-state index >= 15 is 0 Å². The molecule has 0 spiro atoms. The molecule has 1 amide bonds. The maximum absolute atomic E-state index is 13.4. The molecule has 2 heterocycles. The molecule has 2 fully saturated rings. The topological polar surface area (TPSA) is 59.6 Å². The molecule has 0 radical (unpaired) electrons. The lowest BCUT2D eigenvalue weighted by Crippen LogP contribution is -2.51. The molecular formula is C25H32N2O3. The number of methoxy groups -OCH3 is 1. The highest BCUT2D eigenvalue weighted by Crippen LogP contribution is 2.36. The van der Waals surface area contributed by atoms with Gasteiger partial charge in [-0.1, -0.05) is 42.5 Å². The minimum atomic E-state index is -0.380. The Morgan fingerprint density at radius 1 is 1.10 bits per heavy atom. The summed E-state index contributed by atoms with van der Waals surface area (Å²) in [6, 6.07) is 16.9. The molecule has 2 aromatic carbocycles. The van der Waals surface area contributed by atoms with Crippen molar-refractivity contribution in [3.8, 4) is 16.9 Å². The van der Waals surface area contributed by atoms with Crippen molar-refractivity contribution in [2.45, 2.75) is 38.1 Å². The first-order chi connectivity index (χ1) is 14.7. The van der Waals surface area contributed by atoms with Crippen molar-refractivity contribution in [3.63, 3.8) is 0 Å². The molecule has 0 saturated carbocycles. The van der Waals surface area contributed by atoms with E-state index in [2.05, 4.69) is 41.0 Å². The third kappa shape index (κ3) is 4.68. The minimum absolute atomic E-state index is 0.200. The highest BCUT2D eigenvalue weighted by atomic mass is 16.5. The number of carbonyl (C=O) groups excluding carboxylic acids is 1. The van der Waals surface area contributed by atoms with Gasteiger partial charge < -0.3 is 20.1 Å². The van der Waals surface area contributed by atoms with Crippen LogP contribution in [-0.2, 0) is 16.0 Å². The Bertz CT molecular complexity index is 838. The normalized spacial score (nSPS) is 19.2. The summed E-state index contributed by atoms with van der Waals surface area (Å²) < 4.78 is 11.1. The molecule has 0 aliphatic carbocycles. The van der Waals surface area contributed by atoms with E-state index in [0.717, 1.165) is 62.1 Å². The number of piperidine rings is 1. The second-order valence-corrected chi connectivity index (χ2v) is 8.46. The van der Waals surface area contributed by atoms with Crippen molar-refractivity contribution in [1.29, 1.82) is 0 Å². The van der Waals surface area contributed by atoms with Crippen LogP contribution in [0.3, 0.4) is 0 Å². The lowest BCUT2D eigenvalue weighted by molar-refractivity contribution is -0.137. The van der Waals surface area contributed by atoms with Gasteiger partial charge in [-0.2, -0.15) is 0 Å². The molecule has 0 atom stereocenters. The lowest BCUT2D eigenvalue weighted by Gasteiger charge is -2.38. The van der Waals surface area contributed by atoms with Crippen molar-refractivity contribution >= 4 is 5.91 Å². The number of carbonyl (C=O) groups is 1. The first kappa shape index (κ1) is 20.9. The molecular weight excluding hydrogens is 376 g/mol. The van der Waals surface area contributed by atoms with E-state index in [1.54, 1.807) is 7.11 Å². The number of nitrogens with one attached hydrogen (secondary N) is 2. The summed E-state index contributed by atoms with van der Waals surface area (Å²) >= 11 is 0. The van der Waals surface area contributed by atoms with Crippen molar-refractivity contribution < 1.29 is 14.3 Å². The summed E-state index contributed by atoms with van der Waals surface area (Å²) in [7, 11) is 1.70. The molecule has 2 N–H and O–H groups in total. The number of hydrogen-bond donors (Lipinski definition) is 2. The van der Waals surface area contributed by atoms with E-state index < -0.39 is 0 Å². The van der Waals surface area contributed by atoms with Gasteiger partial charge in [-0.15, -0.1) is 0 Å². The van der Waals surface area contributed by atoms with E-state index in [4.69, 9.17) is 9.47 Å². The molecule has 0 bridgehead atoms. The number of ether oxygens (including phenoxy) is 2. The maximum Gasteiger partial charge on any atom is 0.226 e. The largest absolute Gasteiger partial charge is 0.496 e. The summed E-state index contributed by atoms with van der Waals surface area (Å²) in [5.74, 6) is 1.07. The molecule has 5 nitrogen and oxygen atoms in total. The standard InChI is InChI=1S/C25H32N2O3/c1-29-23-5-3-2-4-22(23)20-8-6-19(7-9-20)18-25(12-16-30-17-13-25)24(28)27-21-10-14-26-15-11-21/h2-9,21,26H,10-18H2,1H3,(H,27,28). The van der Waals surface area contributed by atoms with Gasteiger partial charge >= 0.3 is 0 Å². The number of hydrogen-bond acceptors (Lipinski definition) is 4. The van der Waals surface area contributed by atoms with Gasteiger partial charge in [0, 0.05) is 24.8 Å². The number of amides is 1. The summed E-state index contributed by atoms with van der Waals surface area (Å²) in [5, 5.41) is 6.71. The van der Waals surface area contributed by atoms with Crippen molar-refractivity contribution in [2.24, 2.45) is 5.41 Å².